The lowest BCUT2D eigenvalue weighted by atomic mass is 9.92. The van der Waals surface area contributed by atoms with Crippen LogP contribution in [-0.2, 0) is 11.2 Å². The van der Waals surface area contributed by atoms with E-state index in [-0.39, 0.29) is 5.75 Å². The molecule has 1 aromatic carbocycles. The number of amides is 1. The van der Waals surface area contributed by atoms with Gasteiger partial charge in [-0.05, 0) is 37.5 Å². The third-order valence-electron chi connectivity index (χ3n) is 2.40. The van der Waals surface area contributed by atoms with Crippen molar-refractivity contribution >= 4 is 5.91 Å². The van der Waals surface area contributed by atoms with Gasteiger partial charge in [0, 0.05) is 0 Å². The quantitative estimate of drug-likeness (QED) is 0.673. The summed E-state index contributed by atoms with van der Waals surface area (Å²) in [7, 11) is 0. The van der Waals surface area contributed by atoms with Crippen molar-refractivity contribution in [2.45, 2.75) is 25.8 Å². The Kier molecular flexibility index (Phi) is 3.00. The van der Waals surface area contributed by atoms with E-state index >= 15 is 0 Å². The summed E-state index contributed by atoms with van der Waals surface area (Å²) >= 11 is 0. The maximum absolute atomic E-state index is 11.0. The number of hydrogen-bond donors (Lipinski definition) is 3. The fraction of sp³-hybridized carbons (Fsp3) is 0.364. The maximum Gasteiger partial charge on any atom is 0.237 e. The zero-order valence-electron chi connectivity index (χ0n) is 8.95. The Morgan fingerprint density at radius 3 is 2.60 bits per heavy atom. The molecule has 0 unspecified atom stereocenters. The first-order chi connectivity index (χ1) is 6.83. The first-order valence-electron chi connectivity index (χ1n) is 4.70. The number of aryl methyl sites for hydroxylation is 1. The molecule has 0 saturated heterocycles. The molecule has 5 N–H and O–H groups in total. The molecule has 0 radical (unpaired) electrons. The Labute approximate surface area is 88.9 Å². The van der Waals surface area contributed by atoms with E-state index in [1.165, 1.54) is 0 Å². The first kappa shape index (κ1) is 11.5. The van der Waals surface area contributed by atoms with Gasteiger partial charge in [-0.3, -0.25) is 4.79 Å². The SMILES string of the molecule is Cc1cc(C[C@](C)(N)C(N)=O)ccc1O. The van der Waals surface area contributed by atoms with Crippen LogP contribution in [-0.4, -0.2) is 16.6 Å². The number of benzene rings is 1. The van der Waals surface area contributed by atoms with Crippen LogP contribution in [0, 0.1) is 6.92 Å². The van der Waals surface area contributed by atoms with Gasteiger partial charge >= 0.3 is 0 Å². The number of carbonyl (C=O) groups is 1. The number of primary amides is 1. The van der Waals surface area contributed by atoms with Crippen LogP contribution in [0.25, 0.3) is 0 Å². The summed E-state index contributed by atoms with van der Waals surface area (Å²) in [6.45, 7) is 3.38. The van der Waals surface area contributed by atoms with E-state index in [1.807, 2.05) is 0 Å². The molecule has 0 spiro atoms. The first-order valence-corrected chi connectivity index (χ1v) is 4.70. The Bertz CT molecular complexity index is 386. The molecule has 0 aliphatic rings. The predicted molar refractivity (Wildman–Crippen MR) is 58.3 cm³/mol. The van der Waals surface area contributed by atoms with Crippen LogP contribution in [0.5, 0.6) is 5.75 Å². The van der Waals surface area contributed by atoms with Crippen molar-refractivity contribution in [3.05, 3.63) is 29.3 Å². The van der Waals surface area contributed by atoms with Gasteiger partial charge in [0.25, 0.3) is 0 Å². The Balaban J connectivity index is 2.91. The highest BCUT2D eigenvalue weighted by molar-refractivity contribution is 5.84. The largest absolute Gasteiger partial charge is 0.508 e. The van der Waals surface area contributed by atoms with Crippen LogP contribution in [0.3, 0.4) is 0 Å². The van der Waals surface area contributed by atoms with E-state index in [0.717, 1.165) is 11.1 Å². The fourth-order valence-corrected chi connectivity index (χ4v) is 1.34. The summed E-state index contributed by atoms with van der Waals surface area (Å²) in [6.07, 6.45) is 0.365. The van der Waals surface area contributed by atoms with Crippen LogP contribution >= 0.6 is 0 Å². The second-order valence-electron chi connectivity index (χ2n) is 4.08. The van der Waals surface area contributed by atoms with Gasteiger partial charge in [0.05, 0.1) is 5.54 Å². The van der Waals surface area contributed by atoms with Crippen LogP contribution in [0.2, 0.25) is 0 Å². The van der Waals surface area contributed by atoms with Crippen LogP contribution in [0.1, 0.15) is 18.1 Å². The molecule has 0 aliphatic heterocycles. The number of carbonyl (C=O) groups excluding carboxylic acids is 1. The number of nitrogens with two attached hydrogens (primary N) is 2. The third-order valence-corrected chi connectivity index (χ3v) is 2.40. The summed E-state index contributed by atoms with van der Waals surface area (Å²) in [5.41, 5.74) is 11.5. The molecule has 4 heteroatoms. The molecule has 1 aromatic rings. The summed E-state index contributed by atoms with van der Waals surface area (Å²) in [6, 6.07) is 5.11. The van der Waals surface area contributed by atoms with Gasteiger partial charge in [-0.25, -0.2) is 0 Å². The zero-order valence-corrected chi connectivity index (χ0v) is 8.95. The second-order valence-corrected chi connectivity index (χ2v) is 4.08. The topological polar surface area (TPSA) is 89.3 Å². The van der Waals surface area contributed by atoms with Gasteiger partial charge < -0.3 is 16.6 Å². The second kappa shape index (κ2) is 3.90. The minimum absolute atomic E-state index is 0.233. The molecular formula is C11H16N2O2. The van der Waals surface area contributed by atoms with E-state index in [2.05, 4.69) is 0 Å². The van der Waals surface area contributed by atoms with Crippen molar-refractivity contribution in [1.29, 1.82) is 0 Å². The summed E-state index contributed by atoms with van der Waals surface area (Å²) in [5, 5.41) is 9.33. The molecule has 1 amide bonds. The molecule has 0 bridgehead atoms. The summed E-state index contributed by atoms with van der Waals surface area (Å²) in [4.78, 5) is 11.0. The molecule has 82 valence electrons. The monoisotopic (exact) mass is 208 g/mol. The molecule has 0 saturated carbocycles. The van der Waals surface area contributed by atoms with E-state index < -0.39 is 11.4 Å². The molecule has 0 aromatic heterocycles. The molecule has 0 heterocycles. The van der Waals surface area contributed by atoms with Crippen molar-refractivity contribution in [3.8, 4) is 5.75 Å². The molecule has 1 rings (SSSR count). The highest BCUT2D eigenvalue weighted by Gasteiger charge is 2.25. The smallest absolute Gasteiger partial charge is 0.237 e. The normalized spacial score (nSPS) is 14.6. The molecule has 15 heavy (non-hydrogen) atoms. The number of phenols is 1. The average molecular weight is 208 g/mol. The van der Waals surface area contributed by atoms with Crippen molar-refractivity contribution < 1.29 is 9.90 Å². The van der Waals surface area contributed by atoms with E-state index in [1.54, 1.807) is 32.0 Å². The zero-order chi connectivity index (χ0) is 11.6. The lowest BCUT2D eigenvalue weighted by Crippen LogP contribution is -2.51. The average Bonchev–Trinajstić information content (AvgIpc) is 2.10. The molecule has 0 fully saturated rings. The van der Waals surface area contributed by atoms with E-state index in [0.29, 0.717) is 6.42 Å². The van der Waals surface area contributed by atoms with E-state index in [9.17, 15) is 9.90 Å². The Morgan fingerprint density at radius 1 is 1.53 bits per heavy atom. The highest BCUT2D eigenvalue weighted by atomic mass is 16.3. The van der Waals surface area contributed by atoms with Crippen molar-refractivity contribution in [3.63, 3.8) is 0 Å². The van der Waals surface area contributed by atoms with Gasteiger partial charge in [-0.15, -0.1) is 0 Å². The van der Waals surface area contributed by atoms with Crippen molar-refractivity contribution in [1.82, 2.24) is 0 Å². The maximum atomic E-state index is 11.0. The fourth-order valence-electron chi connectivity index (χ4n) is 1.34. The summed E-state index contributed by atoms with van der Waals surface area (Å²) < 4.78 is 0. The molecule has 0 aliphatic carbocycles. The van der Waals surface area contributed by atoms with Crippen molar-refractivity contribution in [2.75, 3.05) is 0 Å². The van der Waals surface area contributed by atoms with Gasteiger partial charge in [-0.1, -0.05) is 12.1 Å². The molecule has 4 nitrogen and oxygen atoms in total. The Hall–Kier alpha value is -1.55. The number of rotatable bonds is 3. The molecule has 1 atom stereocenters. The lowest BCUT2D eigenvalue weighted by molar-refractivity contribution is -0.122. The van der Waals surface area contributed by atoms with Gasteiger partial charge in [0.2, 0.25) is 5.91 Å². The minimum Gasteiger partial charge on any atom is -0.508 e. The van der Waals surface area contributed by atoms with Crippen LogP contribution in [0.4, 0.5) is 0 Å². The third kappa shape index (κ3) is 2.70. The summed E-state index contributed by atoms with van der Waals surface area (Å²) in [5.74, 6) is -0.301. The standard InChI is InChI=1S/C11H16N2O2/c1-7-5-8(3-4-9(7)14)6-11(2,13)10(12)15/h3-5,14H,6,13H2,1-2H3,(H2,12,15)/t11-/m0/s1. The van der Waals surface area contributed by atoms with Gasteiger partial charge in [0.1, 0.15) is 5.75 Å². The lowest BCUT2D eigenvalue weighted by Gasteiger charge is -2.20. The number of phenolic OH excluding ortho intramolecular Hbond substituents is 1. The minimum atomic E-state index is -1.05. The van der Waals surface area contributed by atoms with Gasteiger partial charge in [-0.2, -0.15) is 0 Å². The van der Waals surface area contributed by atoms with Crippen LogP contribution in [0.15, 0.2) is 18.2 Å². The Morgan fingerprint density at radius 2 is 2.13 bits per heavy atom. The predicted octanol–water partition coefficient (Wildman–Crippen LogP) is 0.446. The van der Waals surface area contributed by atoms with Gasteiger partial charge in [0.15, 0.2) is 0 Å². The van der Waals surface area contributed by atoms with Crippen molar-refractivity contribution in [2.24, 2.45) is 11.5 Å². The number of aromatic hydroxyl groups is 1. The molecular weight excluding hydrogens is 192 g/mol. The van der Waals surface area contributed by atoms with Crippen LogP contribution < -0.4 is 11.5 Å². The van der Waals surface area contributed by atoms with E-state index in [4.69, 9.17) is 11.5 Å². The number of hydrogen-bond acceptors (Lipinski definition) is 3. The highest BCUT2D eigenvalue weighted by Crippen LogP contribution is 2.19.